The molecular formula is C24H28Cl2N6O. The van der Waals surface area contributed by atoms with Crippen LogP contribution < -0.4 is 10.2 Å². The Bertz CT molecular complexity index is 1180. The van der Waals surface area contributed by atoms with Gasteiger partial charge in [-0.25, -0.2) is 4.98 Å². The van der Waals surface area contributed by atoms with Crippen LogP contribution in [-0.4, -0.2) is 58.6 Å². The SMILES string of the molecule is CN(Cc1ccc(Cl)c(Cl)c1)C(=O)C1CCCN(c2c3c(nc4ccnn24)CCNCC3)C1. The quantitative estimate of drug-likeness (QED) is 0.610. The first-order chi connectivity index (χ1) is 16.0. The number of piperidine rings is 1. The van der Waals surface area contributed by atoms with Crippen LogP contribution in [0.3, 0.4) is 0 Å². The molecule has 9 heteroatoms. The zero-order valence-electron chi connectivity index (χ0n) is 18.7. The summed E-state index contributed by atoms with van der Waals surface area (Å²) in [7, 11) is 1.86. The van der Waals surface area contributed by atoms with Gasteiger partial charge in [0.15, 0.2) is 5.65 Å². The van der Waals surface area contributed by atoms with E-state index in [2.05, 4.69) is 15.3 Å². The summed E-state index contributed by atoms with van der Waals surface area (Å²) in [6.07, 6.45) is 5.49. The molecule has 2 aromatic heterocycles. The molecule has 2 aliphatic heterocycles. The summed E-state index contributed by atoms with van der Waals surface area (Å²) in [6.45, 7) is 3.97. The van der Waals surface area contributed by atoms with Gasteiger partial charge in [-0.1, -0.05) is 29.3 Å². The van der Waals surface area contributed by atoms with E-state index in [1.165, 1.54) is 5.56 Å². The van der Waals surface area contributed by atoms with Crippen molar-refractivity contribution < 1.29 is 4.79 Å². The number of anilines is 1. The molecular weight excluding hydrogens is 459 g/mol. The van der Waals surface area contributed by atoms with Gasteiger partial charge in [0.25, 0.3) is 0 Å². The molecule has 7 nitrogen and oxygen atoms in total. The molecule has 1 amide bonds. The van der Waals surface area contributed by atoms with Crippen molar-refractivity contribution in [3.8, 4) is 0 Å². The average Bonchev–Trinajstić information content (AvgIpc) is 3.16. The Labute approximate surface area is 203 Å². The molecule has 33 heavy (non-hydrogen) atoms. The van der Waals surface area contributed by atoms with Gasteiger partial charge in [0, 0.05) is 51.3 Å². The molecule has 0 spiro atoms. The second-order valence-corrected chi connectivity index (χ2v) is 9.75. The highest BCUT2D eigenvalue weighted by Crippen LogP contribution is 2.31. The lowest BCUT2D eigenvalue weighted by molar-refractivity contribution is -0.135. The second kappa shape index (κ2) is 9.49. The number of nitrogens with zero attached hydrogens (tertiary/aromatic N) is 5. The minimum Gasteiger partial charge on any atom is -0.355 e. The van der Waals surface area contributed by atoms with Crippen molar-refractivity contribution in [2.45, 2.75) is 32.2 Å². The Morgan fingerprint density at radius 3 is 2.91 bits per heavy atom. The normalized spacial score (nSPS) is 18.8. The predicted octanol–water partition coefficient (Wildman–Crippen LogP) is 3.60. The first-order valence-electron chi connectivity index (χ1n) is 11.5. The molecule has 5 rings (SSSR count). The van der Waals surface area contributed by atoms with E-state index in [4.69, 9.17) is 28.2 Å². The van der Waals surface area contributed by atoms with Crippen molar-refractivity contribution in [3.05, 3.63) is 57.3 Å². The van der Waals surface area contributed by atoms with Crippen LogP contribution in [-0.2, 0) is 24.2 Å². The zero-order chi connectivity index (χ0) is 22.9. The molecule has 1 saturated heterocycles. The standard InChI is InChI=1S/C24H28Cl2N6O/c1-30(14-16-4-5-19(25)20(26)13-16)24(33)17-3-2-12-31(15-17)23-18-6-9-27-10-7-21(18)29-22-8-11-28-32(22)23/h4-5,8,11,13,17,27H,2-3,6-7,9-10,12,14-15H2,1H3. The first-order valence-corrected chi connectivity index (χ1v) is 12.3. The van der Waals surface area contributed by atoms with Crippen molar-refractivity contribution >= 4 is 40.6 Å². The van der Waals surface area contributed by atoms with E-state index in [0.717, 1.165) is 68.0 Å². The summed E-state index contributed by atoms with van der Waals surface area (Å²) in [5.74, 6) is 1.20. The third-order valence-electron chi connectivity index (χ3n) is 6.63. The number of hydrogen-bond donors (Lipinski definition) is 1. The molecule has 1 atom stereocenters. The lowest BCUT2D eigenvalue weighted by Gasteiger charge is -2.36. The fourth-order valence-electron chi connectivity index (χ4n) is 5.01. The van der Waals surface area contributed by atoms with Crippen molar-refractivity contribution in [1.82, 2.24) is 24.8 Å². The molecule has 3 aromatic rings. The lowest BCUT2D eigenvalue weighted by atomic mass is 9.95. The van der Waals surface area contributed by atoms with E-state index in [9.17, 15) is 4.79 Å². The van der Waals surface area contributed by atoms with Gasteiger partial charge in [-0.2, -0.15) is 9.61 Å². The van der Waals surface area contributed by atoms with Crippen LogP contribution in [0.15, 0.2) is 30.5 Å². The Balaban J connectivity index is 1.38. The number of hydrogen-bond acceptors (Lipinski definition) is 5. The van der Waals surface area contributed by atoms with Gasteiger partial charge < -0.3 is 15.1 Å². The summed E-state index contributed by atoms with van der Waals surface area (Å²) >= 11 is 12.2. The first kappa shape index (κ1) is 22.4. The van der Waals surface area contributed by atoms with Crippen LogP contribution in [0.4, 0.5) is 5.82 Å². The summed E-state index contributed by atoms with van der Waals surface area (Å²) in [6, 6.07) is 7.48. The molecule has 0 bridgehead atoms. The summed E-state index contributed by atoms with van der Waals surface area (Å²) in [5.41, 5.74) is 4.25. The van der Waals surface area contributed by atoms with Gasteiger partial charge >= 0.3 is 0 Å². The number of benzene rings is 1. The van der Waals surface area contributed by atoms with E-state index < -0.39 is 0 Å². The molecule has 0 saturated carbocycles. The van der Waals surface area contributed by atoms with Crippen molar-refractivity contribution in [2.24, 2.45) is 5.92 Å². The molecule has 1 fully saturated rings. The van der Waals surface area contributed by atoms with Gasteiger partial charge in [-0.15, -0.1) is 0 Å². The van der Waals surface area contributed by atoms with Gasteiger partial charge in [0.05, 0.1) is 27.9 Å². The summed E-state index contributed by atoms with van der Waals surface area (Å²) < 4.78 is 1.95. The Morgan fingerprint density at radius 1 is 1.21 bits per heavy atom. The van der Waals surface area contributed by atoms with Crippen LogP contribution in [0.1, 0.15) is 29.7 Å². The van der Waals surface area contributed by atoms with Gasteiger partial charge in [0.1, 0.15) is 5.82 Å². The maximum Gasteiger partial charge on any atom is 0.227 e. The van der Waals surface area contributed by atoms with Crippen LogP contribution in [0.2, 0.25) is 10.0 Å². The molecule has 2 aliphatic rings. The monoisotopic (exact) mass is 486 g/mol. The largest absolute Gasteiger partial charge is 0.355 e. The van der Waals surface area contributed by atoms with Crippen LogP contribution in [0.25, 0.3) is 5.65 Å². The zero-order valence-corrected chi connectivity index (χ0v) is 20.2. The van der Waals surface area contributed by atoms with Crippen LogP contribution in [0.5, 0.6) is 0 Å². The van der Waals surface area contributed by atoms with E-state index in [1.807, 2.05) is 29.8 Å². The van der Waals surface area contributed by atoms with Crippen molar-refractivity contribution in [3.63, 3.8) is 0 Å². The number of rotatable bonds is 4. The molecule has 1 aromatic carbocycles. The molecule has 0 aliphatic carbocycles. The van der Waals surface area contributed by atoms with Gasteiger partial charge in [-0.3, -0.25) is 4.79 Å². The maximum absolute atomic E-state index is 13.4. The van der Waals surface area contributed by atoms with E-state index in [1.54, 1.807) is 17.2 Å². The highest BCUT2D eigenvalue weighted by molar-refractivity contribution is 6.42. The van der Waals surface area contributed by atoms with Crippen LogP contribution >= 0.6 is 23.2 Å². The minimum atomic E-state index is -0.0650. The fraction of sp³-hybridized carbons (Fsp3) is 0.458. The smallest absolute Gasteiger partial charge is 0.227 e. The second-order valence-electron chi connectivity index (χ2n) is 8.94. The number of aromatic nitrogens is 3. The average molecular weight is 487 g/mol. The van der Waals surface area contributed by atoms with E-state index in [-0.39, 0.29) is 11.8 Å². The molecule has 1 unspecified atom stereocenters. The number of amides is 1. The summed E-state index contributed by atoms with van der Waals surface area (Å²) in [5, 5.41) is 9.09. The number of nitrogens with one attached hydrogen (secondary N) is 1. The lowest BCUT2D eigenvalue weighted by Crippen LogP contribution is -2.44. The number of carbonyl (C=O) groups excluding carboxylic acids is 1. The van der Waals surface area contributed by atoms with Crippen molar-refractivity contribution in [2.75, 3.05) is 38.1 Å². The highest BCUT2D eigenvalue weighted by atomic mass is 35.5. The fourth-order valence-corrected chi connectivity index (χ4v) is 5.33. The predicted molar refractivity (Wildman–Crippen MR) is 131 cm³/mol. The Hall–Kier alpha value is -2.35. The van der Waals surface area contributed by atoms with E-state index >= 15 is 0 Å². The number of halogens is 2. The third-order valence-corrected chi connectivity index (χ3v) is 7.37. The van der Waals surface area contributed by atoms with Crippen molar-refractivity contribution in [1.29, 1.82) is 0 Å². The molecule has 4 heterocycles. The number of carbonyl (C=O) groups is 1. The number of fused-ring (bicyclic) bond motifs is 2. The molecule has 174 valence electrons. The molecule has 0 radical (unpaired) electrons. The van der Waals surface area contributed by atoms with E-state index in [0.29, 0.717) is 23.1 Å². The Morgan fingerprint density at radius 2 is 2.06 bits per heavy atom. The van der Waals surface area contributed by atoms with Gasteiger partial charge in [-0.05, 0) is 43.5 Å². The molecule has 1 N–H and O–H groups in total. The minimum absolute atomic E-state index is 0.0650. The van der Waals surface area contributed by atoms with Crippen LogP contribution in [0, 0.1) is 5.92 Å². The Kier molecular flexibility index (Phi) is 6.45. The third kappa shape index (κ3) is 4.54. The topological polar surface area (TPSA) is 65.8 Å². The highest BCUT2D eigenvalue weighted by Gasteiger charge is 2.31. The maximum atomic E-state index is 13.4. The van der Waals surface area contributed by atoms with Gasteiger partial charge in [0.2, 0.25) is 5.91 Å². The summed E-state index contributed by atoms with van der Waals surface area (Å²) in [4.78, 5) is 22.4.